The van der Waals surface area contributed by atoms with Gasteiger partial charge in [-0.3, -0.25) is 4.79 Å². The van der Waals surface area contributed by atoms with Crippen LogP contribution in [-0.2, 0) is 10.2 Å². The van der Waals surface area contributed by atoms with Crippen LogP contribution in [0.4, 0.5) is 0 Å². The Bertz CT molecular complexity index is 423. The van der Waals surface area contributed by atoms with Crippen molar-refractivity contribution in [2.75, 3.05) is 0 Å². The van der Waals surface area contributed by atoms with Crippen LogP contribution in [0.5, 0.6) is 0 Å². The highest BCUT2D eigenvalue weighted by molar-refractivity contribution is 5.67. The van der Waals surface area contributed by atoms with E-state index in [2.05, 4.69) is 22.4 Å². The molecule has 0 aromatic carbocycles. The van der Waals surface area contributed by atoms with Gasteiger partial charge in [0.25, 0.3) is 0 Å². The molecule has 1 fully saturated rings. The molecule has 18 heavy (non-hydrogen) atoms. The molecule has 1 saturated carbocycles. The smallest absolute Gasteiger partial charge is 0.305 e. The van der Waals surface area contributed by atoms with E-state index in [0.717, 1.165) is 25.1 Å². The van der Waals surface area contributed by atoms with Crippen molar-refractivity contribution >= 4 is 5.97 Å². The molecule has 0 amide bonds. The largest absolute Gasteiger partial charge is 0.481 e. The summed E-state index contributed by atoms with van der Waals surface area (Å²) in [6.45, 7) is 4.01. The summed E-state index contributed by atoms with van der Waals surface area (Å²) in [7, 11) is 0. The normalized spacial score (nSPS) is 19.9. The molecule has 1 aliphatic rings. The van der Waals surface area contributed by atoms with Gasteiger partial charge in [-0.05, 0) is 36.6 Å². The van der Waals surface area contributed by atoms with Crippen LogP contribution >= 0.6 is 0 Å². The van der Waals surface area contributed by atoms with E-state index < -0.39 is 5.97 Å². The first-order valence-electron chi connectivity index (χ1n) is 6.59. The van der Waals surface area contributed by atoms with E-state index in [4.69, 9.17) is 5.11 Å². The van der Waals surface area contributed by atoms with Gasteiger partial charge in [-0.1, -0.05) is 19.8 Å². The van der Waals surface area contributed by atoms with Crippen molar-refractivity contribution < 1.29 is 9.90 Å². The van der Waals surface area contributed by atoms with Gasteiger partial charge in [-0.25, -0.2) is 4.68 Å². The summed E-state index contributed by atoms with van der Waals surface area (Å²) < 4.78 is 1.71. The molecule has 6 heteroatoms. The average Bonchev–Trinajstić information content (AvgIpc) is 2.97. The number of aliphatic carboxylic acids is 1. The second kappa shape index (κ2) is 5.04. The molecule has 1 unspecified atom stereocenters. The van der Waals surface area contributed by atoms with Gasteiger partial charge >= 0.3 is 5.97 Å². The average molecular weight is 252 g/mol. The standard InChI is InChI=1S/C12H20N4O2/c1-3-12(6-4-5-7-12)11-13-14-15-16(11)9(2)8-10(17)18/h9H,3-8H2,1-2H3,(H,17,18). The fourth-order valence-electron chi connectivity index (χ4n) is 2.97. The third-order valence-corrected chi connectivity index (χ3v) is 4.09. The minimum Gasteiger partial charge on any atom is -0.481 e. The summed E-state index contributed by atoms with van der Waals surface area (Å²) in [5, 5.41) is 20.8. The summed E-state index contributed by atoms with van der Waals surface area (Å²) >= 11 is 0. The van der Waals surface area contributed by atoms with Crippen molar-refractivity contribution in [2.45, 2.75) is 63.8 Å². The number of carbonyl (C=O) groups is 1. The zero-order valence-electron chi connectivity index (χ0n) is 11.0. The van der Waals surface area contributed by atoms with Gasteiger partial charge in [0.15, 0.2) is 5.82 Å². The van der Waals surface area contributed by atoms with E-state index in [9.17, 15) is 4.79 Å². The Hall–Kier alpha value is -1.46. The molecular weight excluding hydrogens is 232 g/mol. The van der Waals surface area contributed by atoms with Crippen molar-refractivity contribution in [2.24, 2.45) is 0 Å². The van der Waals surface area contributed by atoms with E-state index >= 15 is 0 Å². The van der Waals surface area contributed by atoms with E-state index in [1.165, 1.54) is 12.8 Å². The summed E-state index contributed by atoms with van der Waals surface area (Å²) in [5.74, 6) is 0.0529. The quantitative estimate of drug-likeness (QED) is 0.866. The Morgan fingerprint density at radius 2 is 2.17 bits per heavy atom. The Morgan fingerprint density at radius 3 is 2.72 bits per heavy atom. The zero-order chi connectivity index (χ0) is 13.2. The lowest BCUT2D eigenvalue weighted by molar-refractivity contribution is -0.137. The predicted molar refractivity (Wildman–Crippen MR) is 65.2 cm³/mol. The van der Waals surface area contributed by atoms with Crippen molar-refractivity contribution in [1.29, 1.82) is 0 Å². The van der Waals surface area contributed by atoms with Crippen LogP contribution in [-0.4, -0.2) is 31.3 Å². The van der Waals surface area contributed by atoms with Crippen LogP contribution < -0.4 is 0 Å². The van der Waals surface area contributed by atoms with Gasteiger partial charge < -0.3 is 5.11 Å². The van der Waals surface area contributed by atoms with Crippen LogP contribution in [0, 0.1) is 0 Å². The molecule has 1 atom stereocenters. The first-order valence-corrected chi connectivity index (χ1v) is 6.59. The van der Waals surface area contributed by atoms with Gasteiger partial charge in [-0.2, -0.15) is 0 Å². The first kappa shape index (κ1) is 13.0. The number of hydrogen-bond donors (Lipinski definition) is 1. The highest BCUT2D eigenvalue weighted by Gasteiger charge is 2.39. The van der Waals surface area contributed by atoms with Crippen LogP contribution in [0.25, 0.3) is 0 Å². The molecule has 1 heterocycles. The molecular formula is C12H20N4O2. The summed E-state index contributed by atoms with van der Waals surface area (Å²) in [6, 6.07) is -0.198. The summed E-state index contributed by atoms with van der Waals surface area (Å²) in [5.41, 5.74) is 0.0518. The van der Waals surface area contributed by atoms with Crippen molar-refractivity contribution in [3.05, 3.63) is 5.82 Å². The van der Waals surface area contributed by atoms with Gasteiger partial charge in [0.2, 0.25) is 0 Å². The lowest BCUT2D eigenvalue weighted by Gasteiger charge is -2.27. The molecule has 0 spiro atoms. The van der Waals surface area contributed by atoms with Crippen LogP contribution in [0.2, 0.25) is 0 Å². The number of hydrogen-bond acceptors (Lipinski definition) is 4. The van der Waals surface area contributed by atoms with Crippen molar-refractivity contribution in [3.63, 3.8) is 0 Å². The fourth-order valence-corrected chi connectivity index (χ4v) is 2.97. The number of aromatic nitrogens is 4. The molecule has 1 N–H and O–H groups in total. The monoisotopic (exact) mass is 252 g/mol. The number of tetrazole rings is 1. The molecule has 1 aliphatic carbocycles. The first-order chi connectivity index (χ1) is 8.59. The number of carboxylic acids is 1. The predicted octanol–water partition coefficient (Wildman–Crippen LogP) is 1.93. The summed E-state index contributed by atoms with van der Waals surface area (Å²) in [6.07, 6.45) is 5.67. The second-order valence-electron chi connectivity index (χ2n) is 5.23. The minimum atomic E-state index is -0.819. The second-order valence-corrected chi connectivity index (χ2v) is 5.23. The topological polar surface area (TPSA) is 80.9 Å². The van der Waals surface area contributed by atoms with Crippen LogP contribution in [0.3, 0.4) is 0 Å². The molecule has 0 aliphatic heterocycles. The molecule has 0 radical (unpaired) electrons. The van der Waals surface area contributed by atoms with Gasteiger partial charge in [0.1, 0.15) is 0 Å². The third-order valence-electron chi connectivity index (χ3n) is 4.09. The molecule has 100 valence electrons. The Labute approximate surface area is 106 Å². The van der Waals surface area contributed by atoms with E-state index in [0.29, 0.717) is 0 Å². The Morgan fingerprint density at radius 1 is 1.50 bits per heavy atom. The maximum Gasteiger partial charge on any atom is 0.305 e. The summed E-state index contributed by atoms with van der Waals surface area (Å²) in [4.78, 5) is 10.8. The Kier molecular flexibility index (Phi) is 3.63. The third kappa shape index (κ3) is 2.23. The highest BCUT2D eigenvalue weighted by Crippen LogP contribution is 2.43. The van der Waals surface area contributed by atoms with Gasteiger partial charge in [0, 0.05) is 5.41 Å². The Balaban J connectivity index is 2.29. The molecule has 1 aromatic heterocycles. The number of rotatable bonds is 5. The minimum absolute atomic E-state index is 0.0518. The van der Waals surface area contributed by atoms with Crippen molar-refractivity contribution in [3.8, 4) is 0 Å². The molecule has 6 nitrogen and oxygen atoms in total. The van der Waals surface area contributed by atoms with E-state index in [1.54, 1.807) is 4.68 Å². The maximum absolute atomic E-state index is 10.8. The lowest BCUT2D eigenvalue weighted by atomic mass is 9.82. The molecule has 1 aromatic rings. The lowest BCUT2D eigenvalue weighted by Crippen LogP contribution is -2.28. The van der Waals surface area contributed by atoms with Crippen molar-refractivity contribution in [1.82, 2.24) is 20.2 Å². The van der Waals surface area contributed by atoms with Gasteiger partial charge in [-0.15, -0.1) is 5.10 Å². The maximum atomic E-state index is 10.8. The van der Waals surface area contributed by atoms with E-state index in [1.807, 2.05) is 6.92 Å². The zero-order valence-corrected chi connectivity index (χ0v) is 11.0. The molecule has 0 bridgehead atoms. The molecule has 0 saturated heterocycles. The fraction of sp³-hybridized carbons (Fsp3) is 0.833. The van der Waals surface area contributed by atoms with E-state index in [-0.39, 0.29) is 17.9 Å². The highest BCUT2D eigenvalue weighted by atomic mass is 16.4. The number of carboxylic acid groups (broad SMARTS) is 1. The number of nitrogens with zero attached hydrogens (tertiary/aromatic N) is 4. The van der Waals surface area contributed by atoms with Crippen LogP contribution in [0.15, 0.2) is 0 Å². The SMILES string of the molecule is CCC1(c2nnnn2C(C)CC(=O)O)CCCC1. The molecule has 2 rings (SSSR count). The van der Waals surface area contributed by atoms with Crippen LogP contribution in [0.1, 0.15) is 64.2 Å². The van der Waals surface area contributed by atoms with Gasteiger partial charge in [0.05, 0.1) is 12.5 Å².